The van der Waals surface area contributed by atoms with Crippen molar-refractivity contribution in [2.75, 3.05) is 11.9 Å². The maximum absolute atomic E-state index is 12.5. The summed E-state index contributed by atoms with van der Waals surface area (Å²) in [6.07, 6.45) is 4.46. The summed E-state index contributed by atoms with van der Waals surface area (Å²) in [5.74, 6) is -0.304. The van der Waals surface area contributed by atoms with E-state index in [1.165, 1.54) is 5.56 Å². The van der Waals surface area contributed by atoms with Gasteiger partial charge in [-0.3, -0.25) is 9.59 Å². The number of amides is 2. The van der Waals surface area contributed by atoms with Crippen LogP contribution in [0.4, 0.5) is 5.69 Å². The molecule has 0 spiro atoms. The van der Waals surface area contributed by atoms with Gasteiger partial charge in [-0.2, -0.15) is 0 Å². The van der Waals surface area contributed by atoms with Gasteiger partial charge >= 0.3 is 0 Å². The predicted molar refractivity (Wildman–Crippen MR) is 98.0 cm³/mol. The Balaban J connectivity index is 1.93. The topological polar surface area (TPSA) is 58.2 Å². The SMILES string of the molecule is CCCCCNC(=O)C1(C(=O)Nc2ccc(C(C)(C)C)cc2)CC1. The van der Waals surface area contributed by atoms with Gasteiger partial charge in [0.1, 0.15) is 5.41 Å². The monoisotopic (exact) mass is 330 g/mol. The molecule has 4 heteroatoms. The van der Waals surface area contributed by atoms with Crippen LogP contribution in [0, 0.1) is 5.41 Å². The van der Waals surface area contributed by atoms with Crippen molar-refractivity contribution in [1.82, 2.24) is 5.32 Å². The highest BCUT2D eigenvalue weighted by atomic mass is 16.2. The third-order valence-electron chi connectivity index (χ3n) is 4.69. The molecule has 0 radical (unpaired) electrons. The van der Waals surface area contributed by atoms with Crippen LogP contribution in [0.25, 0.3) is 0 Å². The summed E-state index contributed by atoms with van der Waals surface area (Å²) in [7, 11) is 0. The zero-order valence-electron chi connectivity index (χ0n) is 15.4. The Kier molecular flexibility index (Phi) is 5.68. The highest BCUT2D eigenvalue weighted by Crippen LogP contribution is 2.46. The summed E-state index contributed by atoms with van der Waals surface area (Å²) in [6.45, 7) is 9.25. The zero-order chi connectivity index (χ0) is 17.8. The van der Waals surface area contributed by atoms with Crippen molar-refractivity contribution in [3.63, 3.8) is 0 Å². The molecule has 1 aliphatic rings. The molecule has 4 nitrogen and oxygen atoms in total. The Labute approximate surface area is 145 Å². The number of unbranched alkanes of at least 4 members (excludes halogenated alkanes) is 2. The van der Waals surface area contributed by atoms with Crippen LogP contribution >= 0.6 is 0 Å². The summed E-state index contributed by atoms with van der Waals surface area (Å²) < 4.78 is 0. The molecule has 0 heterocycles. The van der Waals surface area contributed by atoms with E-state index in [2.05, 4.69) is 38.3 Å². The zero-order valence-corrected chi connectivity index (χ0v) is 15.4. The minimum atomic E-state index is -0.852. The van der Waals surface area contributed by atoms with Gasteiger partial charge in [0, 0.05) is 12.2 Å². The van der Waals surface area contributed by atoms with Crippen LogP contribution in [0.5, 0.6) is 0 Å². The first-order valence-corrected chi connectivity index (χ1v) is 9.00. The number of carbonyl (C=O) groups is 2. The lowest BCUT2D eigenvalue weighted by atomic mass is 9.87. The van der Waals surface area contributed by atoms with E-state index in [4.69, 9.17) is 0 Å². The second-order valence-corrected chi connectivity index (χ2v) is 7.83. The van der Waals surface area contributed by atoms with E-state index in [0.29, 0.717) is 19.4 Å². The van der Waals surface area contributed by atoms with Crippen molar-refractivity contribution >= 4 is 17.5 Å². The van der Waals surface area contributed by atoms with Crippen LogP contribution in [-0.2, 0) is 15.0 Å². The van der Waals surface area contributed by atoms with Gasteiger partial charge in [0.2, 0.25) is 11.8 Å². The molecule has 0 unspecified atom stereocenters. The fourth-order valence-corrected chi connectivity index (χ4v) is 2.73. The van der Waals surface area contributed by atoms with Crippen molar-refractivity contribution in [3.8, 4) is 0 Å². The Hall–Kier alpha value is -1.84. The van der Waals surface area contributed by atoms with Gasteiger partial charge in [-0.05, 0) is 42.4 Å². The molecule has 2 rings (SSSR count). The number of anilines is 1. The molecule has 0 bridgehead atoms. The fraction of sp³-hybridized carbons (Fsp3) is 0.600. The Morgan fingerprint density at radius 1 is 1.04 bits per heavy atom. The molecule has 2 amide bonds. The molecule has 1 fully saturated rings. The lowest BCUT2D eigenvalue weighted by Crippen LogP contribution is -2.40. The molecule has 1 aromatic rings. The first kappa shape index (κ1) is 18.5. The highest BCUT2D eigenvalue weighted by molar-refractivity contribution is 6.13. The van der Waals surface area contributed by atoms with Crippen LogP contribution in [0.2, 0.25) is 0 Å². The first-order chi connectivity index (χ1) is 11.3. The normalized spacial score (nSPS) is 15.7. The van der Waals surface area contributed by atoms with Gasteiger partial charge < -0.3 is 10.6 Å². The number of hydrogen-bond acceptors (Lipinski definition) is 2. The average Bonchev–Trinajstić information content (AvgIpc) is 3.33. The molecule has 1 aromatic carbocycles. The first-order valence-electron chi connectivity index (χ1n) is 9.00. The molecule has 0 aromatic heterocycles. The molecule has 24 heavy (non-hydrogen) atoms. The molecule has 1 saturated carbocycles. The maximum Gasteiger partial charge on any atom is 0.240 e. The van der Waals surface area contributed by atoms with Crippen molar-refractivity contribution in [2.45, 2.75) is 65.2 Å². The Morgan fingerprint density at radius 2 is 1.67 bits per heavy atom. The fourth-order valence-electron chi connectivity index (χ4n) is 2.73. The van der Waals surface area contributed by atoms with Crippen molar-refractivity contribution < 1.29 is 9.59 Å². The van der Waals surface area contributed by atoms with Crippen LogP contribution in [0.15, 0.2) is 24.3 Å². The van der Waals surface area contributed by atoms with Gasteiger partial charge in [-0.1, -0.05) is 52.7 Å². The van der Waals surface area contributed by atoms with E-state index in [1.54, 1.807) is 0 Å². The minimum absolute atomic E-state index is 0.0820. The lowest BCUT2D eigenvalue weighted by molar-refractivity contribution is -0.134. The summed E-state index contributed by atoms with van der Waals surface area (Å²) >= 11 is 0. The number of rotatable bonds is 7. The van der Waals surface area contributed by atoms with Gasteiger partial charge in [-0.25, -0.2) is 0 Å². The minimum Gasteiger partial charge on any atom is -0.355 e. The maximum atomic E-state index is 12.5. The van der Waals surface area contributed by atoms with Gasteiger partial charge in [-0.15, -0.1) is 0 Å². The van der Waals surface area contributed by atoms with Crippen LogP contribution < -0.4 is 10.6 Å². The standard InChI is InChI=1S/C20H30N2O2/c1-5-6-7-14-21-17(23)20(12-13-20)18(24)22-16-10-8-15(9-11-16)19(2,3)4/h8-11H,5-7,12-14H2,1-4H3,(H,21,23)(H,22,24). The van der Waals surface area contributed by atoms with E-state index in [0.717, 1.165) is 24.9 Å². The third kappa shape index (κ3) is 4.37. The number of nitrogens with one attached hydrogen (secondary N) is 2. The van der Waals surface area contributed by atoms with Crippen molar-refractivity contribution in [2.24, 2.45) is 5.41 Å². The molecule has 0 saturated heterocycles. The molecule has 1 aliphatic carbocycles. The number of benzene rings is 1. The van der Waals surface area contributed by atoms with Crippen LogP contribution in [-0.4, -0.2) is 18.4 Å². The Morgan fingerprint density at radius 3 is 2.17 bits per heavy atom. The van der Waals surface area contributed by atoms with Gasteiger partial charge in [0.15, 0.2) is 0 Å². The number of carbonyl (C=O) groups excluding carboxylic acids is 2. The second kappa shape index (κ2) is 7.37. The summed E-state index contributed by atoms with van der Waals surface area (Å²) in [5, 5.41) is 5.82. The summed E-state index contributed by atoms with van der Waals surface area (Å²) in [6, 6.07) is 7.88. The summed E-state index contributed by atoms with van der Waals surface area (Å²) in [4.78, 5) is 24.9. The predicted octanol–water partition coefficient (Wildman–Crippen LogP) is 4.01. The number of hydrogen-bond donors (Lipinski definition) is 2. The molecule has 132 valence electrons. The molecule has 0 atom stereocenters. The quantitative estimate of drug-likeness (QED) is 0.586. The largest absolute Gasteiger partial charge is 0.355 e. The third-order valence-corrected chi connectivity index (χ3v) is 4.69. The van der Waals surface area contributed by atoms with E-state index in [9.17, 15) is 9.59 Å². The molecule has 0 aliphatic heterocycles. The molecular formula is C20H30N2O2. The highest BCUT2D eigenvalue weighted by Gasteiger charge is 2.56. The van der Waals surface area contributed by atoms with Gasteiger partial charge in [0.05, 0.1) is 0 Å². The Bertz CT molecular complexity index is 581. The average molecular weight is 330 g/mol. The molecular weight excluding hydrogens is 300 g/mol. The van der Waals surface area contributed by atoms with Crippen molar-refractivity contribution in [3.05, 3.63) is 29.8 Å². The van der Waals surface area contributed by atoms with E-state index in [-0.39, 0.29) is 17.2 Å². The van der Waals surface area contributed by atoms with Crippen LogP contribution in [0.3, 0.4) is 0 Å². The van der Waals surface area contributed by atoms with Crippen molar-refractivity contribution in [1.29, 1.82) is 0 Å². The van der Waals surface area contributed by atoms with E-state index < -0.39 is 5.41 Å². The summed E-state index contributed by atoms with van der Waals surface area (Å²) in [5.41, 5.74) is 1.20. The second-order valence-electron chi connectivity index (χ2n) is 7.83. The van der Waals surface area contributed by atoms with Gasteiger partial charge in [0.25, 0.3) is 0 Å². The van der Waals surface area contributed by atoms with Crippen LogP contribution in [0.1, 0.15) is 65.4 Å². The molecule has 2 N–H and O–H groups in total. The smallest absolute Gasteiger partial charge is 0.240 e. The van der Waals surface area contributed by atoms with E-state index >= 15 is 0 Å². The van der Waals surface area contributed by atoms with E-state index in [1.807, 2.05) is 24.3 Å². The lowest BCUT2D eigenvalue weighted by Gasteiger charge is -2.20.